The molecule has 0 aromatic rings. The molecular weight excluding hydrogens is 709 g/mol. The van der Waals surface area contributed by atoms with E-state index >= 15 is 0 Å². The quantitative estimate of drug-likeness (QED) is 0.0233. The summed E-state index contributed by atoms with van der Waals surface area (Å²) in [5, 5.41) is 8.87. The molecule has 0 bridgehead atoms. The van der Waals surface area contributed by atoms with Crippen molar-refractivity contribution in [2.45, 2.75) is 206 Å². The van der Waals surface area contributed by atoms with Gasteiger partial charge in [0.15, 0.2) is 6.10 Å². The lowest BCUT2D eigenvalue weighted by molar-refractivity contribution is -0.161. The number of phosphoric acid groups is 1. The van der Waals surface area contributed by atoms with Gasteiger partial charge in [0.05, 0.1) is 13.2 Å². The Labute approximate surface area is 328 Å². The number of unbranched alkanes of at least 4 members (excludes halogenated alkanes) is 22. The molecule has 0 aliphatic rings. The molecule has 0 spiro atoms. The number of nitrogens with two attached hydrogens (primary N) is 1. The highest BCUT2D eigenvalue weighted by molar-refractivity contribution is 7.47. The second-order valence-electron chi connectivity index (χ2n) is 14.5. The summed E-state index contributed by atoms with van der Waals surface area (Å²) in [6.07, 6.45) is 38.1. The molecule has 11 nitrogen and oxygen atoms in total. The maximum Gasteiger partial charge on any atom is 0.472 e. The predicted molar refractivity (Wildman–Crippen MR) is 217 cm³/mol. The van der Waals surface area contributed by atoms with E-state index < -0.39 is 51.1 Å². The Hall–Kier alpha value is -2.04. The van der Waals surface area contributed by atoms with E-state index in [2.05, 4.69) is 42.7 Å². The number of phosphoric ester groups is 1. The van der Waals surface area contributed by atoms with Crippen LogP contribution >= 0.6 is 7.82 Å². The zero-order valence-electron chi connectivity index (χ0n) is 34.1. The number of aliphatic carboxylic acids is 1. The van der Waals surface area contributed by atoms with Crippen LogP contribution in [0.25, 0.3) is 0 Å². The van der Waals surface area contributed by atoms with E-state index in [0.29, 0.717) is 12.8 Å². The zero-order valence-corrected chi connectivity index (χ0v) is 35.0. The van der Waals surface area contributed by atoms with Crippen LogP contribution in [-0.4, -0.2) is 59.9 Å². The second-order valence-corrected chi connectivity index (χ2v) is 15.9. The molecule has 0 aliphatic heterocycles. The third-order valence-electron chi connectivity index (χ3n) is 9.20. The Morgan fingerprint density at radius 2 is 0.981 bits per heavy atom. The Bertz CT molecular complexity index is 1020. The van der Waals surface area contributed by atoms with E-state index in [0.717, 1.165) is 51.4 Å². The third-order valence-corrected chi connectivity index (χ3v) is 10.2. The average Bonchev–Trinajstić information content (AvgIpc) is 3.14. The summed E-state index contributed by atoms with van der Waals surface area (Å²) in [5.41, 5.74) is 5.33. The second kappa shape index (κ2) is 37.9. The molecule has 4 N–H and O–H groups in total. The third kappa shape index (κ3) is 36.9. The number of carboxylic acid groups (broad SMARTS) is 1. The minimum absolute atomic E-state index is 0.159. The summed E-state index contributed by atoms with van der Waals surface area (Å²) >= 11 is 0. The van der Waals surface area contributed by atoms with Crippen LogP contribution in [0.15, 0.2) is 24.3 Å². The first-order valence-corrected chi connectivity index (χ1v) is 22.9. The van der Waals surface area contributed by atoms with Crippen LogP contribution in [0.4, 0.5) is 0 Å². The highest BCUT2D eigenvalue weighted by Gasteiger charge is 2.28. The molecule has 316 valence electrons. The number of carbonyl (C=O) groups excluding carboxylic acids is 2. The topological polar surface area (TPSA) is 172 Å². The van der Waals surface area contributed by atoms with Crippen molar-refractivity contribution in [3.05, 3.63) is 24.3 Å². The van der Waals surface area contributed by atoms with Crippen molar-refractivity contribution in [1.29, 1.82) is 0 Å². The molecule has 0 aliphatic carbocycles. The monoisotopic (exact) mass is 788 g/mol. The van der Waals surface area contributed by atoms with E-state index in [9.17, 15) is 23.8 Å². The van der Waals surface area contributed by atoms with Gasteiger partial charge >= 0.3 is 25.7 Å². The first-order valence-electron chi connectivity index (χ1n) is 21.4. The van der Waals surface area contributed by atoms with Gasteiger partial charge < -0.3 is 25.2 Å². The zero-order chi connectivity index (χ0) is 40.0. The van der Waals surface area contributed by atoms with Gasteiger partial charge in [-0.25, -0.2) is 4.57 Å². The van der Waals surface area contributed by atoms with Crippen molar-refractivity contribution >= 4 is 25.7 Å². The van der Waals surface area contributed by atoms with Crippen LogP contribution in [0, 0.1) is 0 Å². The molecule has 0 aromatic heterocycles. The maximum absolute atomic E-state index is 12.6. The van der Waals surface area contributed by atoms with Gasteiger partial charge in [0, 0.05) is 12.8 Å². The SMILES string of the molecule is CCCCC/C=C/C/C=C/CCCCCCCCCCCC(=O)O[C@@H](COC(=O)CCCCCCCCCCCCC)COP(=O)(O)OC[C@H](N)C(=O)O. The maximum atomic E-state index is 12.6. The van der Waals surface area contributed by atoms with Crippen LogP contribution in [0.3, 0.4) is 0 Å². The van der Waals surface area contributed by atoms with Crippen LogP contribution in [0.1, 0.15) is 194 Å². The lowest BCUT2D eigenvalue weighted by Gasteiger charge is -2.20. The highest BCUT2D eigenvalue weighted by Crippen LogP contribution is 2.43. The fraction of sp³-hybridized carbons (Fsp3) is 0.833. The van der Waals surface area contributed by atoms with E-state index in [1.165, 1.54) is 103 Å². The van der Waals surface area contributed by atoms with E-state index in [1.807, 2.05) is 0 Å². The molecule has 0 rings (SSSR count). The van der Waals surface area contributed by atoms with E-state index in [4.69, 9.17) is 24.8 Å². The lowest BCUT2D eigenvalue weighted by Crippen LogP contribution is -2.34. The van der Waals surface area contributed by atoms with Crippen LogP contribution in [-0.2, 0) is 37.5 Å². The van der Waals surface area contributed by atoms with Crippen LogP contribution < -0.4 is 5.73 Å². The normalized spacial score (nSPS) is 14.0. The lowest BCUT2D eigenvalue weighted by atomic mass is 10.1. The van der Waals surface area contributed by atoms with Gasteiger partial charge in [-0.1, -0.05) is 160 Å². The van der Waals surface area contributed by atoms with Gasteiger partial charge in [0.1, 0.15) is 12.6 Å². The van der Waals surface area contributed by atoms with Crippen molar-refractivity contribution in [1.82, 2.24) is 0 Å². The summed E-state index contributed by atoms with van der Waals surface area (Å²) < 4.78 is 32.6. The smallest absolute Gasteiger partial charge is 0.472 e. The molecule has 0 amide bonds. The summed E-state index contributed by atoms with van der Waals surface area (Å²) in [6.45, 7) is 2.77. The first kappa shape index (κ1) is 52.0. The molecule has 0 aromatic carbocycles. The van der Waals surface area contributed by atoms with Gasteiger partial charge in [0.25, 0.3) is 0 Å². The number of carboxylic acids is 1. The summed E-state index contributed by atoms with van der Waals surface area (Å²) in [5.74, 6) is -2.38. The minimum Gasteiger partial charge on any atom is -0.480 e. The highest BCUT2D eigenvalue weighted by atomic mass is 31.2. The van der Waals surface area contributed by atoms with Gasteiger partial charge in [0.2, 0.25) is 0 Å². The Kier molecular flexibility index (Phi) is 36.4. The summed E-state index contributed by atoms with van der Waals surface area (Å²) in [7, 11) is -4.71. The van der Waals surface area contributed by atoms with Gasteiger partial charge in [-0.2, -0.15) is 0 Å². The molecule has 12 heteroatoms. The molecule has 0 radical (unpaired) electrons. The summed E-state index contributed by atoms with van der Waals surface area (Å²) in [6, 6.07) is -1.52. The number of rotatable bonds is 40. The van der Waals surface area contributed by atoms with Gasteiger partial charge in [-0.15, -0.1) is 0 Å². The Balaban J connectivity index is 4.33. The first-order chi connectivity index (χ1) is 26.1. The van der Waals surface area contributed by atoms with Crippen molar-refractivity contribution in [2.75, 3.05) is 19.8 Å². The van der Waals surface area contributed by atoms with Gasteiger partial charge in [-0.3, -0.25) is 23.4 Å². The van der Waals surface area contributed by atoms with Crippen molar-refractivity contribution in [3.8, 4) is 0 Å². The van der Waals surface area contributed by atoms with E-state index in [1.54, 1.807) is 0 Å². The number of hydrogen-bond donors (Lipinski definition) is 3. The standard InChI is InChI=1S/C42H78NO10P/c1-3-5-7-9-11-13-15-16-17-18-19-20-21-22-24-26-28-30-32-34-41(45)53-38(36-51-54(48,49)52-37-39(43)42(46)47)35-50-40(44)33-31-29-27-25-23-14-12-10-8-6-4-2/h11,13,16-17,38-39H,3-10,12,14-15,18-37,43H2,1-2H3,(H,46,47)(H,48,49)/b13-11+,17-16+/t38-,39-/m0/s1. The number of allylic oxidation sites excluding steroid dienone is 4. The fourth-order valence-electron chi connectivity index (χ4n) is 5.80. The molecule has 0 fully saturated rings. The van der Waals surface area contributed by atoms with Crippen molar-refractivity contribution < 1.29 is 47.5 Å². The Morgan fingerprint density at radius 1 is 0.574 bits per heavy atom. The molecular formula is C42H78NO10P. The summed E-state index contributed by atoms with van der Waals surface area (Å²) in [4.78, 5) is 45.9. The number of ether oxygens (including phenoxy) is 2. The molecule has 1 unspecified atom stereocenters. The van der Waals surface area contributed by atoms with Gasteiger partial charge in [-0.05, 0) is 44.9 Å². The molecule has 0 heterocycles. The number of carbonyl (C=O) groups is 3. The molecule has 0 saturated heterocycles. The van der Waals surface area contributed by atoms with Crippen molar-refractivity contribution in [3.63, 3.8) is 0 Å². The van der Waals surface area contributed by atoms with Crippen LogP contribution in [0.2, 0.25) is 0 Å². The Morgan fingerprint density at radius 3 is 1.48 bits per heavy atom. The van der Waals surface area contributed by atoms with Crippen LogP contribution in [0.5, 0.6) is 0 Å². The molecule has 54 heavy (non-hydrogen) atoms. The average molecular weight is 788 g/mol. The minimum atomic E-state index is -4.71. The van der Waals surface area contributed by atoms with E-state index in [-0.39, 0.29) is 19.4 Å². The molecule has 3 atom stereocenters. The largest absolute Gasteiger partial charge is 0.480 e. The number of esters is 2. The number of hydrogen-bond acceptors (Lipinski definition) is 9. The predicted octanol–water partition coefficient (Wildman–Crippen LogP) is 11.1. The molecule has 0 saturated carbocycles. The fourth-order valence-corrected chi connectivity index (χ4v) is 6.58. The van der Waals surface area contributed by atoms with Crippen molar-refractivity contribution in [2.24, 2.45) is 5.73 Å².